The summed E-state index contributed by atoms with van der Waals surface area (Å²) in [6.45, 7) is 13.9. The highest BCUT2D eigenvalue weighted by molar-refractivity contribution is 5.93. The SMILES string of the molecule is CC(C)[C@@H]1[C@H](C(C)C)CN1C(=O)c1ccn(C(C)C)n1. The Kier molecular flexibility index (Phi) is 4.21. The van der Waals surface area contributed by atoms with Crippen molar-refractivity contribution in [3.8, 4) is 0 Å². The van der Waals surface area contributed by atoms with Crippen molar-refractivity contribution in [3.63, 3.8) is 0 Å². The van der Waals surface area contributed by atoms with Gasteiger partial charge in [-0.05, 0) is 37.7 Å². The molecule has 0 spiro atoms. The lowest BCUT2D eigenvalue weighted by molar-refractivity contribution is -0.0218. The van der Waals surface area contributed by atoms with Crippen LogP contribution in [0.5, 0.6) is 0 Å². The Morgan fingerprint density at radius 1 is 1.20 bits per heavy atom. The van der Waals surface area contributed by atoms with E-state index in [-0.39, 0.29) is 11.9 Å². The highest BCUT2D eigenvalue weighted by Crippen LogP contribution is 2.36. The van der Waals surface area contributed by atoms with Gasteiger partial charge in [-0.2, -0.15) is 5.10 Å². The molecule has 2 rings (SSSR count). The summed E-state index contributed by atoms with van der Waals surface area (Å²) in [5.41, 5.74) is 0.576. The zero-order chi connectivity index (χ0) is 15.0. The number of nitrogens with zero attached hydrogens (tertiary/aromatic N) is 3. The van der Waals surface area contributed by atoms with Gasteiger partial charge in [0, 0.05) is 24.8 Å². The summed E-state index contributed by atoms with van der Waals surface area (Å²) in [5, 5.41) is 4.40. The Morgan fingerprint density at radius 2 is 1.85 bits per heavy atom. The highest BCUT2D eigenvalue weighted by Gasteiger charge is 2.45. The lowest BCUT2D eigenvalue weighted by Gasteiger charge is -2.52. The molecule has 1 aliphatic rings. The maximum atomic E-state index is 12.6. The molecule has 0 bridgehead atoms. The van der Waals surface area contributed by atoms with Gasteiger partial charge in [-0.3, -0.25) is 9.48 Å². The molecular weight excluding hydrogens is 250 g/mol. The molecular formula is C16H27N3O. The zero-order valence-corrected chi connectivity index (χ0v) is 13.5. The minimum Gasteiger partial charge on any atom is -0.333 e. The second-order valence-electron chi connectivity index (χ2n) is 6.87. The topological polar surface area (TPSA) is 38.1 Å². The molecule has 4 nitrogen and oxygen atoms in total. The van der Waals surface area contributed by atoms with Crippen LogP contribution in [0.2, 0.25) is 0 Å². The summed E-state index contributed by atoms with van der Waals surface area (Å²) in [4.78, 5) is 14.6. The van der Waals surface area contributed by atoms with Gasteiger partial charge >= 0.3 is 0 Å². The molecule has 1 aromatic rings. The van der Waals surface area contributed by atoms with Crippen molar-refractivity contribution in [2.24, 2.45) is 17.8 Å². The third-order valence-corrected chi connectivity index (χ3v) is 4.36. The third-order valence-electron chi connectivity index (χ3n) is 4.36. The summed E-state index contributed by atoms with van der Waals surface area (Å²) < 4.78 is 1.84. The number of hydrogen-bond acceptors (Lipinski definition) is 2. The van der Waals surface area contributed by atoms with E-state index in [1.165, 1.54) is 0 Å². The molecule has 4 heteroatoms. The van der Waals surface area contributed by atoms with E-state index in [1.807, 2.05) is 21.8 Å². The van der Waals surface area contributed by atoms with Crippen molar-refractivity contribution in [2.45, 2.75) is 53.6 Å². The second kappa shape index (κ2) is 5.58. The number of carbonyl (C=O) groups excluding carboxylic acids is 1. The molecule has 1 aliphatic heterocycles. The Balaban J connectivity index is 2.13. The van der Waals surface area contributed by atoms with Crippen molar-refractivity contribution in [1.82, 2.24) is 14.7 Å². The Hall–Kier alpha value is -1.32. The average Bonchev–Trinajstić information content (AvgIpc) is 2.74. The van der Waals surface area contributed by atoms with Crippen LogP contribution in [0.3, 0.4) is 0 Å². The van der Waals surface area contributed by atoms with Crippen LogP contribution in [0.4, 0.5) is 0 Å². The molecule has 0 radical (unpaired) electrons. The number of likely N-dealkylation sites (tertiary alicyclic amines) is 1. The number of amides is 1. The van der Waals surface area contributed by atoms with Crippen LogP contribution in [0.1, 0.15) is 58.1 Å². The molecule has 2 atom stereocenters. The molecule has 112 valence electrons. The summed E-state index contributed by atoms with van der Waals surface area (Å²) in [5.74, 6) is 1.82. The van der Waals surface area contributed by atoms with E-state index in [9.17, 15) is 4.79 Å². The van der Waals surface area contributed by atoms with Crippen molar-refractivity contribution in [1.29, 1.82) is 0 Å². The minimum atomic E-state index is 0.0833. The number of hydrogen-bond donors (Lipinski definition) is 0. The summed E-state index contributed by atoms with van der Waals surface area (Å²) in [6, 6.07) is 2.48. The monoisotopic (exact) mass is 277 g/mol. The number of aromatic nitrogens is 2. The smallest absolute Gasteiger partial charge is 0.274 e. The predicted octanol–water partition coefficient (Wildman–Crippen LogP) is 3.22. The second-order valence-corrected chi connectivity index (χ2v) is 6.87. The molecule has 0 aromatic carbocycles. The predicted molar refractivity (Wildman–Crippen MR) is 80.6 cm³/mol. The highest BCUT2D eigenvalue weighted by atomic mass is 16.2. The first-order chi connectivity index (χ1) is 9.32. The van der Waals surface area contributed by atoms with Gasteiger partial charge in [-0.1, -0.05) is 27.7 Å². The first kappa shape index (κ1) is 15.1. The van der Waals surface area contributed by atoms with E-state index < -0.39 is 0 Å². The molecule has 0 aliphatic carbocycles. The van der Waals surface area contributed by atoms with Crippen molar-refractivity contribution < 1.29 is 4.79 Å². The summed E-state index contributed by atoms with van der Waals surface area (Å²) in [7, 11) is 0. The van der Waals surface area contributed by atoms with Crippen LogP contribution in [0, 0.1) is 17.8 Å². The van der Waals surface area contributed by atoms with Crippen LogP contribution in [0.25, 0.3) is 0 Å². The van der Waals surface area contributed by atoms with E-state index in [0.29, 0.717) is 29.5 Å². The Bertz CT molecular complexity index is 476. The standard InChI is InChI=1S/C16H27N3O/c1-10(2)13-9-18(15(13)11(3)4)16(20)14-7-8-19(17-14)12(5)6/h7-8,10-13,15H,9H2,1-6H3/t13-,15+/m0/s1. The van der Waals surface area contributed by atoms with Crippen LogP contribution in [-0.2, 0) is 0 Å². The van der Waals surface area contributed by atoms with Crippen LogP contribution < -0.4 is 0 Å². The van der Waals surface area contributed by atoms with Crippen molar-refractivity contribution in [3.05, 3.63) is 18.0 Å². The van der Waals surface area contributed by atoms with Gasteiger partial charge in [0.25, 0.3) is 5.91 Å². The van der Waals surface area contributed by atoms with Gasteiger partial charge < -0.3 is 4.90 Å². The van der Waals surface area contributed by atoms with E-state index >= 15 is 0 Å². The average molecular weight is 277 g/mol. The zero-order valence-electron chi connectivity index (χ0n) is 13.5. The Labute approximate surface area is 122 Å². The fourth-order valence-electron chi connectivity index (χ4n) is 3.11. The normalized spacial score (nSPS) is 22.8. The maximum absolute atomic E-state index is 12.6. The van der Waals surface area contributed by atoms with Crippen LogP contribution in [-0.4, -0.2) is 33.2 Å². The molecule has 0 saturated carbocycles. The first-order valence-corrected chi connectivity index (χ1v) is 7.69. The van der Waals surface area contributed by atoms with Gasteiger partial charge in [0.1, 0.15) is 5.69 Å². The molecule has 1 saturated heterocycles. The largest absolute Gasteiger partial charge is 0.333 e. The molecule has 2 heterocycles. The molecule has 1 fully saturated rings. The fourth-order valence-corrected chi connectivity index (χ4v) is 3.11. The third kappa shape index (κ3) is 2.60. The van der Waals surface area contributed by atoms with Crippen molar-refractivity contribution in [2.75, 3.05) is 6.54 Å². The van der Waals surface area contributed by atoms with Crippen molar-refractivity contribution >= 4 is 5.91 Å². The molecule has 20 heavy (non-hydrogen) atoms. The number of carbonyl (C=O) groups is 1. The van der Waals surface area contributed by atoms with Crippen LogP contribution >= 0.6 is 0 Å². The van der Waals surface area contributed by atoms with E-state index in [4.69, 9.17) is 0 Å². The van der Waals surface area contributed by atoms with Gasteiger partial charge in [0.05, 0.1) is 0 Å². The summed E-state index contributed by atoms with van der Waals surface area (Å²) >= 11 is 0. The van der Waals surface area contributed by atoms with Gasteiger partial charge in [0.2, 0.25) is 0 Å². The Morgan fingerprint density at radius 3 is 2.30 bits per heavy atom. The lowest BCUT2D eigenvalue weighted by atomic mass is 9.74. The lowest BCUT2D eigenvalue weighted by Crippen LogP contribution is -2.62. The molecule has 0 N–H and O–H groups in total. The fraction of sp³-hybridized carbons (Fsp3) is 0.750. The van der Waals surface area contributed by atoms with Gasteiger partial charge in [-0.15, -0.1) is 0 Å². The van der Waals surface area contributed by atoms with Gasteiger partial charge in [-0.25, -0.2) is 0 Å². The minimum absolute atomic E-state index is 0.0833. The van der Waals surface area contributed by atoms with Crippen LogP contribution in [0.15, 0.2) is 12.3 Å². The first-order valence-electron chi connectivity index (χ1n) is 7.69. The number of rotatable bonds is 4. The van der Waals surface area contributed by atoms with E-state index in [1.54, 1.807) is 0 Å². The maximum Gasteiger partial charge on any atom is 0.274 e. The van der Waals surface area contributed by atoms with E-state index in [2.05, 4.69) is 46.6 Å². The summed E-state index contributed by atoms with van der Waals surface area (Å²) in [6.07, 6.45) is 1.89. The quantitative estimate of drug-likeness (QED) is 0.847. The molecule has 1 amide bonds. The van der Waals surface area contributed by atoms with Gasteiger partial charge in [0.15, 0.2) is 0 Å². The van der Waals surface area contributed by atoms with E-state index in [0.717, 1.165) is 6.54 Å². The molecule has 0 unspecified atom stereocenters. The molecule has 1 aromatic heterocycles.